The molecule has 106 valence electrons. The molecule has 1 N–H and O–H groups in total. The van der Waals surface area contributed by atoms with Gasteiger partial charge >= 0.3 is 0 Å². The molecule has 1 fully saturated rings. The normalized spacial score (nSPS) is 18.5. The van der Waals surface area contributed by atoms with Crippen LogP contribution in [0, 0.1) is 13.8 Å². The molecular weight excluding hydrogens is 254 g/mol. The van der Waals surface area contributed by atoms with Gasteiger partial charge in [-0.25, -0.2) is 0 Å². The number of thioether (sulfide) groups is 1. The highest BCUT2D eigenvalue weighted by molar-refractivity contribution is 7.99. The number of nitrogens with one attached hydrogen (secondary N) is 1. The zero-order valence-corrected chi connectivity index (χ0v) is 13.1. The van der Waals surface area contributed by atoms with E-state index in [1.54, 1.807) is 0 Å². The minimum atomic E-state index is 0.452. The Kier molecular flexibility index (Phi) is 5.74. The van der Waals surface area contributed by atoms with Gasteiger partial charge in [0.05, 0.1) is 0 Å². The third kappa shape index (κ3) is 4.23. The zero-order valence-electron chi connectivity index (χ0n) is 12.2. The maximum atomic E-state index is 5.42. The summed E-state index contributed by atoms with van der Waals surface area (Å²) in [5, 5.41) is 4.25. The number of rotatable bonds is 5. The molecule has 3 heteroatoms. The summed E-state index contributed by atoms with van der Waals surface area (Å²) in [6, 6.07) is 7.19. The molecule has 0 radical (unpaired) electrons. The molecule has 19 heavy (non-hydrogen) atoms. The van der Waals surface area contributed by atoms with Crippen molar-refractivity contribution in [1.29, 1.82) is 0 Å². The van der Waals surface area contributed by atoms with E-state index in [1.165, 1.54) is 29.5 Å². The first-order chi connectivity index (χ1) is 9.20. The molecule has 1 aromatic rings. The molecular formula is C16H25NOS. The lowest BCUT2D eigenvalue weighted by molar-refractivity contribution is 0.1000. The maximum Gasteiger partial charge on any atom is 0.0476 e. The lowest BCUT2D eigenvalue weighted by Crippen LogP contribution is -2.23. The average Bonchev–Trinajstić information content (AvgIpc) is 2.44. The van der Waals surface area contributed by atoms with Gasteiger partial charge in [-0.15, -0.1) is 0 Å². The fourth-order valence-corrected chi connectivity index (χ4v) is 3.88. The van der Waals surface area contributed by atoms with Crippen molar-refractivity contribution in [1.82, 2.24) is 5.32 Å². The molecule has 1 aromatic carbocycles. The van der Waals surface area contributed by atoms with Crippen LogP contribution in [0.5, 0.6) is 0 Å². The molecule has 0 amide bonds. The number of hydrogen-bond acceptors (Lipinski definition) is 3. The van der Waals surface area contributed by atoms with Gasteiger partial charge in [-0.2, -0.15) is 11.8 Å². The van der Waals surface area contributed by atoms with Crippen LogP contribution in [0.3, 0.4) is 0 Å². The van der Waals surface area contributed by atoms with Gasteiger partial charge < -0.3 is 10.1 Å². The molecule has 1 saturated heterocycles. The third-order valence-electron chi connectivity index (χ3n) is 3.83. The Bertz CT molecular complexity index is 402. The first-order valence-corrected chi connectivity index (χ1v) is 8.19. The van der Waals surface area contributed by atoms with Crippen LogP contribution in [0.4, 0.5) is 0 Å². The van der Waals surface area contributed by atoms with E-state index in [2.05, 4.69) is 56.2 Å². The minimum absolute atomic E-state index is 0.452. The van der Waals surface area contributed by atoms with E-state index in [0.717, 1.165) is 24.2 Å². The van der Waals surface area contributed by atoms with E-state index >= 15 is 0 Å². The van der Waals surface area contributed by atoms with Crippen molar-refractivity contribution >= 4 is 11.8 Å². The molecule has 1 aliphatic rings. The minimum Gasteiger partial charge on any atom is -0.381 e. The standard InChI is InChI=1S/C16H25NOS/c1-12-4-5-13(2)15(10-12)16(17-3)11-19-14-6-8-18-9-7-14/h4-5,10,14,16-17H,6-9,11H2,1-3H3. The van der Waals surface area contributed by atoms with Gasteiger partial charge in [0, 0.05) is 30.3 Å². The van der Waals surface area contributed by atoms with Gasteiger partial charge in [0.25, 0.3) is 0 Å². The van der Waals surface area contributed by atoms with E-state index in [1.807, 2.05) is 0 Å². The van der Waals surface area contributed by atoms with Crippen molar-refractivity contribution in [2.45, 2.75) is 38.0 Å². The van der Waals surface area contributed by atoms with Gasteiger partial charge in [-0.05, 0) is 44.9 Å². The zero-order chi connectivity index (χ0) is 13.7. The maximum absolute atomic E-state index is 5.42. The second-order valence-electron chi connectivity index (χ2n) is 5.35. The third-order valence-corrected chi connectivity index (χ3v) is 5.29. The molecule has 1 unspecified atom stereocenters. The topological polar surface area (TPSA) is 21.3 Å². The summed E-state index contributed by atoms with van der Waals surface area (Å²) in [5.41, 5.74) is 4.18. The molecule has 2 nitrogen and oxygen atoms in total. The molecule has 2 rings (SSSR count). The number of benzene rings is 1. The van der Waals surface area contributed by atoms with Gasteiger partial charge in [-0.3, -0.25) is 0 Å². The summed E-state index contributed by atoms with van der Waals surface area (Å²) < 4.78 is 5.42. The van der Waals surface area contributed by atoms with Crippen molar-refractivity contribution in [2.75, 3.05) is 26.0 Å². The van der Waals surface area contributed by atoms with Gasteiger partial charge in [0.1, 0.15) is 0 Å². The van der Waals surface area contributed by atoms with E-state index in [4.69, 9.17) is 4.74 Å². The summed E-state index contributed by atoms with van der Waals surface area (Å²) in [4.78, 5) is 0. The summed E-state index contributed by atoms with van der Waals surface area (Å²) in [6.45, 7) is 6.25. The van der Waals surface area contributed by atoms with Crippen LogP contribution in [0.1, 0.15) is 35.6 Å². The van der Waals surface area contributed by atoms with Crippen molar-refractivity contribution in [3.05, 3.63) is 34.9 Å². The Morgan fingerprint density at radius 3 is 2.74 bits per heavy atom. The Balaban J connectivity index is 1.97. The van der Waals surface area contributed by atoms with Crippen LogP contribution in [0.15, 0.2) is 18.2 Å². The van der Waals surface area contributed by atoms with Gasteiger partial charge in [-0.1, -0.05) is 23.8 Å². The van der Waals surface area contributed by atoms with E-state index < -0.39 is 0 Å². The summed E-state index contributed by atoms with van der Waals surface area (Å²) >= 11 is 2.10. The molecule has 0 saturated carbocycles. The molecule has 1 aliphatic heterocycles. The highest BCUT2D eigenvalue weighted by atomic mass is 32.2. The highest BCUT2D eigenvalue weighted by Gasteiger charge is 2.18. The first kappa shape index (κ1) is 14.9. The monoisotopic (exact) mass is 279 g/mol. The molecule has 1 atom stereocenters. The molecule has 0 aromatic heterocycles. The van der Waals surface area contributed by atoms with Crippen LogP contribution >= 0.6 is 11.8 Å². The predicted molar refractivity (Wildman–Crippen MR) is 84.0 cm³/mol. The van der Waals surface area contributed by atoms with Crippen molar-refractivity contribution in [2.24, 2.45) is 0 Å². The Labute approximate surface area is 121 Å². The molecule has 0 aliphatic carbocycles. The van der Waals surface area contributed by atoms with Crippen LogP contribution in [-0.4, -0.2) is 31.3 Å². The lowest BCUT2D eigenvalue weighted by Gasteiger charge is -2.25. The highest BCUT2D eigenvalue weighted by Crippen LogP contribution is 2.28. The van der Waals surface area contributed by atoms with Crippen LogP contribution in [0.2, 0.25) is 0 Å². The Hall–Kier alpha value is -0.510. The lowest BCUT2D eigenvalue weighted by atomic mass is 10.0. The Morgan fingerprint density at radius 1 is 1.32 bits per heavy atom. The van der Waals surface area contributed by atoms with Crippen LogP contribution in [-0.2, 0) is 4.74 Å². The molecule has 0 spiro atoms. The predicted octanol–water partition coefficient (Wildman–Crippen LogP) is 3.48. The molecule has 0 bridgehead atoms. The second kappa shape index (κ2) is 7.32. The van der Waals surface area contributed by atoms with Gasteiger partial charge in [0.2, 0.25) is 0 Å². The smallest absolute Gasteiger partial charge is 0.0476 e. The molecule has 1 heterocycles. The fourth-order valence-electron chi connectivity index (χ4n) is 2.54. The first-order valence-electron chi connectivity index (χ1n) is 7.14. The fraction of sp³-hybridized carbons (Fsp3) is 0.625. The van der Waals surface area contributed by atoms with Crippen LogP contribution in [0.25, 0.3) is 0 Å². The van der Waals surface area contributed by atoms with E-state index in [0.29, 0.717) is 6.04 Å². The SMILES string of the molecule is CNC(CSC1CCOCC1)c1cc(C)ccc1C. The average molecular weight is 279 g/mol. The largest absolute Gasteiger partial charge is 0.381 e. The van der Waals surface area contributed by atoms with Crippen molar-refractivity contribution in [3.8, 4) is 0 Å². The Morgan fingerprint density at radius 2 is 2.05 bits per heavy atom. The van der Waals surface area contributed by atoms with E-state index in [9.17, 15) is 0 Å². The number of hydrogen-bond donors (Lipinski definition) is 1. The number of aryl methyl sites for hydroxylation is 2. The number of ether oxygens (including phenoxy) is 1. The summed E-state index contributed by atoms with van der Waals surface area (Å²) in [6.07, 6.45) is 2.40. The van der Waals surface area contributed by atoms with Crippen molar-refractivity contribution < 1.29 is 4.74 Å². The second-order valence-corrected chi connectivity index (χ2v) is 6.68. The van der Waals surface area contributed by atoms with Crippen molar-refractivity contribution in [3.63, 3.8) is 0 Å². The summed E-state index contributed by atoms with van der Waals surface area (Å²) in [5.74, 6) is 1.14. The summed E-state index contributed by atoms with van der Waals surface area (Å²) in [7, 11) is 2.07. The quantitative estimate of drug-likeness (QED) is 0.891. The van der Waals surface area contributed by atoms with Crippen LogP contribution < -0.4 is 5.32 Å². The van der Waals surface area contributed by atoms with E-state index in [-0.39, 0.29) is 0 Å². The van der Waals surface area contributed by atoms with Gasteiger partial charge in [0.15, 0.2) is 0 Å².